The Labute approximate surface area is 203 Å². The first-order valence-electron chi connectivity index (χ1n) is 13.7. The zero-order valence-electron chi connectivity index (χ0n) is 21.3. The second-order valence-corrected chi connectivity index (χ2v) is 9.86. The Balaban J connectivity index is 0.000000186. The minimum Gasteiger partial charge on any atom is -0.498 e. The average Bonchev–Trinajstić information content (AvgIpc) is 3.25. The molecule has 1 heteroatoms. The van der Waals surface area contributed by atoms with Gasteiger partial charge in [-0.05, 0) is 85.3 Å². The third kappa shape index (κ3) is 7.76. The van der Waals surface area contributed by atoms with Crippen molar-refractivity contribution >= 4 is 10.8 Å². The van der Waals surface area contributed by atoms with Crippen LogP contribution < -0.4 is 0 Å². The van der Waals surface area contributed by atoms with Gasteiger partial charge in [-0.2, -0.15) is 0 Å². The van der Waals surface area contributed by atoms with Gasteiger partial charge in [0.1, 0.15) is 0 Å². The molecule has 0 N–H and O–H groups in total. The molecule has 0 spiro atoms. The van der Waals surface area contributed by atoms with Gasteiger partial charge in [-0.1, -0.05) is 94.5 Å². The summed E-state index contributed by atoms with van der Waals surface area (Å²) in [5.74, 6) is 2.03. The number of hydrogen-bond donors (Lipinski definition) is 0. The van der Waals surface area contributed by atoms with Gasteiger partial charge in [-0.15, -0.1) is 0 Å². The molecule has 1 nitrogen and oxygen atoms in total. The van der Waals surface area contributed by atoms with E-state index in [9.17, 15) is 0 Å². The van der Waals surface area contributed by atoms with Gasteiger partial charge >= 0.3 is 0 Å². The third-order valence-electron chi connectivity index (χ3n) is 7.36. The minimum atomic E-state index is 0.788. The summed E-state index contributed by atoms with van der Waals surface area (Å²) < 4.78 is 5.83. The molecule has 0 heterocycles. The predicted molar refractivity (Wildman–Crippen MR) is 145 cm³/mol. The van der Waals surface area contributed by atoms with Gasteiger partial charge in [0.25, 0.3) is 0 Å². The van der Waals surface area contributed by atoms with Crippen LogP contribution in [-0.2, 0) is 4.74 Å². The molecule has 4 rings (SSSR count). The number of benzene rings is 2. The highest BCUT2D eigenvalue weighted by atomic mass is 16.5. The van der Waals surface area contributed by atoms with Crippen molar-refractivity contribution in [3.63, 3.8) is 0 Å². The van der Waals surface area contributed by atoms with Crippen molar-refractivity contribution in [2.75, 3.05) is 6.61 Å². The van der Waals surface area contributed by atoms with Gasteiger partial charge in [0, 0.05) is 6.42 Å². The summed E-state index contributed by atoms with van der Waals surface area (Å²) in [6.45, 7) is 9.32. The lowest BCUT2D eigenvalue weighted by atomic mass is 9.88. The van der Waals surface area contributed by atoms with Crippen molar-refractivity contribution in [3.8, 4) is 0 Å². The summed E-state index contributed by atoms with van der Waals surface area (Å²) in [6, 6.07) is 15.6. The molecule has 2 aromatic carbocycles. The van der Waals surface area contributed by atoms with E-state index in [1.165, 1.54) is 105 Å². The predicted octanol–water partition coefficient (Wildman–Crippen LogP) is 10.3. The van der Waals surface area contributed by atoms with Crippen molar-refractivity contribution in [1.82, 2.24) is 0 Å². The minimum absolute atomic E-state index is 0.788. The van der Waals surface area contributed by atoms with Crippen LogP contribution >= 0.6 is 0 Å². The maximum atomic E-state index is 5.83. The Bertz CT molecular complexity index is 877. The zero-order valence-corrected chi connectivity index (χ0v) is 21.3. The van der Waals surface area contributed by atoms with Crippen LogP contribution in [-0.4, -0.2) is 6.61 Å². The Morgan fingerprint density at radius 3 is 2.30 bits per heavy atom. The molecule has 0 radical (unpaired) electrons. The molecule has 33 heavy (non-hydrogen) atoms. The number of unbranched alkanes of at least 4 members (excludes halogenated alkanes) is 1. The van der Waals surface area contributed by atoms with Crippen LogP contribution in [0.25, 0.3) is 10.8 Å². The first-order valence-corrected chi connectivity index (χ1v) is 13.7. The molecule has 0 unspecified atom stereocenters. The summed E-state index contributed by atoms with van der Waals surface area (Å²) in [5, 5.41) is 2.87. The molecule has 2 aliphatic carbocycles. The first-order chi connectivity index (χ1) is 16.2. The van der Waals surface area contributed by atoms with Crippen molar-refractivity contribution < 1.29 is 4.74 Å². The molecular formula is C32H46O. The van der Waals surface area contributed by atoms with Crippen LogP contribution in [0.5, 0.6) is 0 Å². The summed E-state index contributed by atoms with van der Waals surface area (Å²) in [7, 11) is 0. The van der Waals surface area contributed by atoms with Crippen LogP contribution in [0.3, 0.4) is 0 Å². The molecular weight excluding hydrogens is 400 g/mol. The van der Waals surface area contributed by atoms with Crippen molar-refractivity contribution in [3.05, 3.63) is 71.5 Å². The fourth-order valence-electron chi connectivity index (χ4n) is 5.50. The quantitative estimate of drug-likeness (QED) is 0.317. The molecule has 2 aliphatic rings. The number of hydrogen-bond acceptors (Lipinski definition) is 1. The largest absolute Gasteiger partial charge is 0.498 e. The second-order valence-electron chi connectivity index (χ2n) is 9.86. The maximum absolute atomic E-state index is 5.83. The number of fused-ring (bicyclic) bond motifs is 1. The van der Waals surface area contributed by atoms with E-state index in [4.69, 9.17) is 4.74 Å². The molecule has 0 saturated heterocycles. The highest BCUT2D eigenvalue weighted by Gasteiger charge is 2.16. The highest BCUT2D eigenvalue weighted by Crippen LogP contribution is 2.35. The lowest BCUT2D eigenvalue weighted by Gasteiger charge is -2.16. The third-order valence-corrected chi connectivity index (χ3v) is 7.36. The van der Waals surface area contributed by atoms with Gasteiger partial charge in [-0.3, -0.25) is 0 Å². The SMILES string of the molecule is C=C1CCCCC/C1=C(\CCCC)OCC.c1ccc2c(C3CCCCCC3)cccc2c1. The smallest absolute Gasteiger partial charge is 0.0993 e. The van der Waals surface area contributed by atoms with E-state index in [1.54, 1.807) is 5.56 Å². The van der Waals surface area contributed by atoms with Crippen molar-refractivity contribution in [1.29, 1.82) is 0 Å². The zero-order chi connectivity index (χ0) is 23.3. The molecule has 0 aromatic heterocycles. The average molecular weight is 447 g/mol. The van der Waals surface area contributed by atoms with Crippen LogP contribution in [0.15, 0.2) is 65.9 Å². The van der Waals surface area contributed by atoms with Gasteiger partial charge < -0.3 is 4.74 Å². The van der Waals surface area contributed by atoms with Crippen LogP contribution in [0, 0.1) is 0 Å². The lowest BCUT2D eigenvalue weighted by Crippen LogP contribution is -2.00. The fourth-order valence-corrected chi connectivity index (χ4v) is 5.50. The van der Waals surface area contributed by atoms with Gasteiger partial charge in [-0.25, -0.2) is 0 Å². The standard InChI is InChI=1S/C17H20.C15H26O/c1-2-4-9-14(8-3-1)17-13-7-11-15-10-5-6-12-16(15)17;1-4-6-12-15(16-5-2)14-11-9-7-8-10-13(14)3/h5-7,10-14H,1-4,8-9H2;3-12H2,1-2H3/b;15-14-. The maximum Gasteiger partial charge on any atom is 0.0993 e. The summed E-state index contributed by atoms with van der Waals surface area (Å²) in [6.07, 6.45) is 18.3. The van der Waals surface area contributed by atoms with Crippen molar-refractivity contribution in [2.24, 2.45) is 0 Å². The van der Waals surface area contributed by atoms with Gasteiger partial charge in [0.2, 0.25) is 0 Å². The molecule has 0 aliphatic heterocycles. The van der Waals surface area contributed by atoms with Crippen LogP contribution in [0.2, 0.25) is 0 Å². The molecule has 180 valence electrons. The van der Waals surface area contributed by atoms with E-state index >= 15 is 0 Å². The van der Waals surface area contributed by atoms with E-state index in [1.807, 2.05) is 0 Å². The fraction of sp³-hybridized carbons (Fsp3) is 0.562. The van der Waals surface area contributed by atoms with E-state index in [0.717, 1.165) is 25.4 Å². The Kier molecular flexibility index (Phi) is 11.1. The van der Waals surface area contributed by atoms with Crippen molar-refractivity contribution in [2.45, 2.75) is 110 Å². The van der Waals surface area contributed by atoms with Crippen LogP contribution in [0.1, 0.15) is 115 Å². The number of rotatable bonds is 6. The highest BCUT2D eigenvalue weighted by molar-refractivity contribution is 5.86. The van der Waals surface area contributed by atoms with E-state index in [0.29, 0.717) is 0 Å². The molecule has 0 bridgehead atoms. The topological polar surface area (TPSA) is 9.23 Å². The van der Waals surface area contributed by atoms with Gasteiger partial charge in [0.05, 0.1) is 12.4 Å². The molecule has 2 fully saturated rings. The lowest BCUT2D eigenvalue weighted by molar-refractivity contribution is 0.212. The summed E-state index contributed by atoms with van der Waals surface area (Å²) in [4.78, 5) is 0. The monoisotopic (exact) mass is 446 g/mol. The summed E-state index contributed by atoms with van der Waals surface area (Å²) in [5.41, 5.74) is 4.36. The second kappa shape index (κ2) is 14.3. The molecule has 0 atom stereocenters. The number of ether oxygens (including phenoxy) is 1. The van der Waals surface area contributed by atoms with Gasteiger partial charge in [0.15, 0.2) is 0 Å². The van der Waals surface area contributed by atoms with E-state index < -0.39 is 0 Å². The Hall–Kier alpha value is -2.02. The normalized spacial score (nSPS) is 19.3. The number of allylic oxidation sites excluding steroid dienone is 3. The first kappa shape index (κ1) is 25.6. The molecule has 2 saturated carbocycles. The Morgan fingerprint density at radius 2 is 1.55 bits per heavy atom. The van der Waals surface area contributed by atoms with Crippen LogP contribution in [0.4, 0.5) is 0 Å². The Morgan fingerprint density at radius 1 is 0.848 bits per heavy atom. The summed E-state index contributed by atoms with van der Waals surface area (Å²) >= 11 is 0. The van der Waals surface area contributed by atoms with E-state index in [-0.39, 0.29) is 0 Å². The molecule has 0 amide bonds. The molecule has 2 aromatic rings. The van der Waals surface area contributed by atoms with E-state index in [2.05, 4.69) is 62.9 Å².